The van der Waals surface area contributed by atoms with Gasteiger partial charge in [0.2, 0.25) is 10.0 Å². The van der Waals surface area contributed by atoms with Gasteiger partial charge in [0.1, 0.15) is 0 Å². The number of ether oxygens (including phenoxy) is 1. The second-order valence-electron chi connectivity index (χ2n) is 8.28. The van der Waals surface area contributed by atoms with Crippen LogP contribution in [0.2, 0.25) is 0 Å². The number of benzene rings is 1. The van der Waals surface area contributed by atoms with Crippen molar-refractivity contribution in [2.24, 2.45) is 11.8 Å². The molecule has 3 atom stereocenters. The lowest BCUT2D eigenvalue weighted by atomic mass is 9.92. The molecule has 154 valence electrons. The molecular weight excluding hydrogens is 380 g/mol. The van der Waals surface area contributed by atoms with Crippen LogP contribution in [0.15, 0.2) is 18.2 Å². The standard InChI is InChI=1S/C20H28N2O5S/c1-13-7-14(2)11-21(10-13)19(23)12-27-20(24)16-5-6-18-17(9-16)8-15(3)22(18)28(4,25)26/h5-6,9,13-15H,7-8,10-12H2,1-4H3/t13-,14+,15-/m1/s1. The van der Waals surface area contributed by atoms with Gasteiger partial charge in [0.05, 0.1) is 17.5 Å². The van der Waals surface area contributed by atoms with Gasteiger partial charge in [0, 0.05) is 19.1 Å². The number of hydrogen-bond acceptors (Lipinski definition) is 5. The third-order valence-corrected chi connectivity index (χ3v) is 6.65. The summed E-state index contributed by atoms with van der Waals surface area (Å²) in [5.41, 5.74) is 1.71. The van der Waals surface area contributed by atoms with Gasteiger partial charge in [-0.3, -0.25) is 9.10 Å². The topological polar surface area (TPSA) is 84.0 Å². The maximum absolute atomic E-state index is 12.4. The molecule has 1 amide bonds. The molecule has 0 aliphatic carbocycles. The Morgan fingerprint density at radius 2 is 1.79 bits per heavy atom. The molecule has 0 spiro atoms. The number of fused-ring (bicyclic) bond motifs is 1. The average Bonchev–Trinajstić information content (AvgIpc) is 2.93. The molecule has 0 radical (unpaired) electrons. The summed E-state index contributed by atoms with van der Waals surface area (Å²) in [7, 11) is -3.37. The lowest BCUT2D eigenvalue weighted by Gasteiger charge is -2.34. The first kappa shape index (κ1) is 20.6. The molecule has 1 saturated heterocycles. The Balaban J connectivity index is 1.65. The molecule has 0 saturated carbocycles. The second-order valence-corrected chi connectivity index (χ2v) is 10.1. The van der Waals surface area contributed by atoms with Crippen molar-refractivity contribution in [1.82, 2.24) is 4.90 Å². The second kappa shape index (κ2) is 7.73. The van der Waals surface area contributed by atoms with Gasteiger partial charge in [-0.15, -0.1) is 0 Å². The summed E-state index contributed by atoms with van der Waals surface area (Å²) in [6.45, 7) is 7.18. The Morgan fingerprint density at radius 3 is 2.39 bits per heavy atom. The quantitative estimate of drug-likeness (QED) is 0.712. The predicted molar refractivity (Wildman–Crippen MR) is 107 cm³/mol. The highest BCUT2D eigenvalue weighted by Gasteiger charge is 2.33. The SMILES string of the molecule is C[C@@H]1C[C@H](C)CN(C(=O)COC(=O)c2ccc3c(c2)C[C@@H](C)N3S(C)(=O)=O)C1. The van der Waals surface area contributed by atoms with Crippen molar-refractivity contribution >= 4 is 27.6 Å². The predicted octanol–water partition coefficient (Wildman–Crippen LogP) is 2.06. The Hall–Kier alpha value is -2.09. The van der Waals surface area contributed by atoms with Crippen molar-refractivity contribution in [3.63, 3.8) is 0 Å². The lowest BCUT2D eigenvalue weighted by molar-refractivity contribution is -0.137. The van der Waals surface area contributed by atoms with E-state index in [0.29, 0.717) is 42.6 Å². The normalized spacial score (nSPS) is 24.8. The summed E-state index contributed by atoms with van der Waals surface area (Å²) in [5, 5.41) is 0. The Kier molecular flexibility index (Phi) is 5.70. The van der Waals surface area contributed by atoms with Crippen LogP contribution in [0.25, 0.3) is 0 Å². The van der Waals surface area contributed by atoms with Crippen molar-refractivity contribution in [1.29, 1.82) is 0 Å². The summed E-state index contributed by atoms with van der Waals surface area (Å²) in [6.07, 6.45) is 2.81. The zero-order valence-electron chi connectivity index (χ0n) is 16.8. The molecule has 0 N–H and O–H groups in total. The molecule has 3 rings (SSSR count). The molecule has 7 nitrogen and oxygen atoms in total. The average molecular weight is 409 g/mol. The van der Waals surface area contributed by atoms with Gasteiger partial charge in [-0.1, -0.05) is 13.8 Å². The minimum Gasteiger partial charge on any atom is -0.452 e. The van der Waals surface area contributed by atoms with Crippen LogP contribution < -0.4 is 4.31 Å². The highest BCUT2D eigenvalue weighted by atomic mass is 32.2. The zero-order chi connectivity index (χ0) is 20.6. The van der Waals surface area contributed by atoms with Gasteiger partial charge in [0.15, 0.2) is 6.61 Å². The molecule has 1 aromatic carbocycles. The number of rotatable bonds is 4. The van der Waals surface area contributed by atoms with Crippen LogP contribution >= 0.6 is 0 Å². The number of nitrogens with zero attached hydrogens (tertiary/aromatic N) is 2. The van der Waals surface area contributed by atoms with Crippen molar-refractivity contribution in [3.8, 4) is 0 Å². The molecular formula is C20H28N2O5S. The molecule has 28 heavy (non-hydrogen) atoms. The molecule has 0 aromatic heterocycles. The molecule has 1 aromatic rings. The van der Waals surface area contributed by atoms with E-state index >= 15 is 0 Å². The fourth-order valence-corrected chi connectivity index (χ4v) is 5.67. The van der Waals surface area contributed by atoms with E-state index in [4.69, 9.17) is 4.74 Å². The van der Waals surface area contributed by atoms with E-state index in [9.17, 15) is 18.0 Å². The van der Waals surface area contributed by atoms with Crippen molar-refractivity contribution < 1.29 is 22.7 Å². The highest BCUT2D eigenvalue weighted by molar-refractivity contribution is 7.92. The number of likely N-dealkylation sites (tertiary alicyclic amines) is 1. The smallest absolute Gasteiger partial charge is 0.338 e. The molecule has 2 aliphatic heterocycles. The van der Waals surface area contributed by atoms with E-state index in [1.165, 1.54) is 10.6 Å². The fraction of sp³-hybridized carbons (Fsp3) is 0.600. The van der Waals surface area contributed by atoms with Crippen molar-refractivity contribution in [2.75, 3.05) is 30.3 Å². The van der Waals surface area contributed by atoms with Crippen LogP contribution in [0.3, 0.4) is 0 Å². The van der Waals surface area contributed by atoms with Crippen LogP contribution in [0.1, 0.15) is 43.1 Å². The largest absolute Gasteiger partial charge is 0.452 e. The number of carbonyl (C=O) groups excluding carboxylic acids is 2. The van der Waals surface area contributed by atoms with E-state index in [-0.39, 0.29) is 18.6 Å². The van der Waals surface area contributed by atoms with Gasteiger partial charge < -0.3 is 9.64 Å². The first-order valence-corrected chi connectivity index (χ1v) is 11.5. The van der Waals surface area contributed by atoms with E-state index in [2.05, 4.69) is 13.8 Å². The number of carbonyl (C=O) groups is 2. The van der Waals surface area contributed by atoms with Crippen molar-refractivity contribution in [2.45, 2.75) is 39.7 Å². The zero-order valence-corrected chi connectivity index (χ0v) is 17.7. The van der Waals surface area contributed by atoms with Crippen molar-refractivity contribution in [3.05, 3.63) is 29.3 Å². The van der Waals surface area contributed by atoms with E-state index < -0.39 is 16.0 Å². The van der Waals surface area contributed by atoms with Gasteiger partial charge in [-0.25, -0.2) is 13.2 Å². The van der Waals surface area contributed by atoms with Gasteiger partial charge in [-0.2, -0.15) is 0 Å². The molecule has 8 heteroatoms. The highest BCUT2D eigenvalue weighted by Crippen LogP contribution is 2.34. The van der Waals surface area contributed by atoms with Crippen LogP contribution in [-0.2, 0) is 26.0 Å². The third-order valence-electron chi connectivity index (χ3n) is 5.37. The molecule has 2 aliphatic rings. The Morgan fingerprint density at radius 1 is 1.14 bits per heavy atom. The minimum absolute atomic E-state index is 0.176. The van der Waals surface area contributed by atoms with Crippen LogP contribution in [0.5, 0.6) is 0 Å². The first-order valence-electron chi connectivity index (χ1n) is 9.63. The number of hydrogen-bond donors (Lipinski definition) is 0. The third kappa shape index (κ3) is 4.32. The van der Waals surface area contributed by atoms with Crippen LogP contribution in [0.4, 0.5) is 5.69 Å². The molecule has 0 unspecified atom stereocenters. The van der Waals surface area contributed by atoms with Crippen LogP contribution in [0, 0.1) is 11.8 Å². The number of piperidine rings is 1. The summed E-state index contributed by atoms with van der Waals surface area (Å²) in [6, 6.07) is 4.65. The fourth-order valence-electron chi connectivity index (χ4n) is 4.40. The number of esters is 1. The summed E-state index contributed by atoms with van der Waals surface area (Å²) in [5.74, 6) is 0.143. The van der Waals surface area contributed by atoms with E-state index in [0.717, 1.165) is 12.0 Å². The summed E-state index contributed by atoms with van der Waals surface area (Å²) >= 11 is 0. The van der Waals surface area contributed by atoms with E-state index in [1.54, 1.807) is 23.1 Å². The molecule has 1 fully saturated rings. The number of amides is 1. The Bertz CT molecular complexity index is 873. The Labute approximate surface area is 166 Å². The first-order chi connectivity index (χ1) is 13.1. The monoisotopic (exact) mass is 408 g/mol. The van der Waals surface area contributed by atoms with Gasteiger partial charge >= 0.3 is 5.97 Å². The van der Waals surface area contributed by atoms with Gasteiger partial charge in [-0.05, 0) is 55.4 Å². The lowest BCUT2D eigenvalue weighted by Crippen LogP contribution is -2.44. The number of sulfonamides is 1. The summed E-state index contributed by atoms with van der Waals surface area (Å²) < 4.78 is 30.6. The summed E-state index contributed by atoms with van der Waals surface area (Å²) in [4.78, 5) is 26.5. The maximum Gasteiger partial charge on any atom is 0.338 e. The van der Waals surface area contributed by atoms with E-state index in [1.807, 2.05) is 6.92 Å². The minimum atomic E-state index is -3.37. The maximum atomic E-state index is 12.4. The van der Waals surface area contributed by atoms with Gasteiger partial charge in [0.25, 0.3) is 5.91 Å². The number of anilines is 1. The molecule has 0 bridgehead atoms. The van der Waals surface area contributed by atoms with Crippen LogP contribution in [-0.4, -0.2) is 57.2 Å². The molecule has 2 heterocycles.